The molecule has 1 saturated heterocycles. The summed E-state index contributed by atoms with van der Waals surface area (Å²) >= 11 is 0. The average molecular weight is 247 g/mol. The largest absolute Gasteiger partial charge is 0.337 e. The number of nitrogens with one attached hydrogen (secondary N) is 1. The molecule has 1 aliphatic heterocycles. The molecule has 0 aliphatic carbocycles. The summed E-state index contributed by atoms with van der Waals surface area (Å²) in [7, 11) is 0. The number of rotatable bonds is 2. The smallest absolute Gasteiger partial charge is 0.244 e. The van der Waals surface area contributed by atoms with E-state index in [1.54, 1.807) is 0 Å². The summed E-state index contributed by atoms with van der Waals surface area (Å²) in [5.41, 5.74) is 0.996. The Kier molecular flexibility index (Phi) is 4.47. The van der Waals surface area contributed by atoms with Gasteiger partial charge in [0.2, 0.25) is 11.7 Å². The van der Waals surface area contributed by atoms with Crippen LogP contribution in [-0.2, 0) is 0 Å². The summed E-state index contributed by atoms with van der Waals surface area (Å²) in [4.78, 5) is 4.42. The molecule has 4 heteroatoms. The van der Waals surface area contributed by atoms with Crippen LogP contribution in [0.15, 0.2) is 34.9 Å². The highest BCUT2D eigenvalue weighted by molar-refractivity contribution is 5.53. The molecule has 3 rings (SSSR count). The van der Waals surface area contributed by atoms with Crippen molar-refractivity contribution in [3.63, 3.8) is 0 Å². The van der Waals surface area contributed by atoms with Gasteiger partial charge in [0, 0.05) is 6.99 Å². The monoisotopic (exact) mass is 247 g/mol. The van der Waals surface area contributed by atoms with Crippen molar-refractivity contribution < 1.29 is 5.95 Å². The Bertz CT molecular complexity index is 467. The van der Waals surface area contributed by atoms with Crippen LogP contribution in [0, 0.1) is 0 Å². The molecule has 1 aromatic carbocycles. The first-order valence-corrected chi connectivity index (χ1v) is 6.56. The van der Waals surface area contributed by atoms with E-state index in [4.69, 9.17) is 4.52 Å². The summed E-state index contributed by atoms with van der Waals surface area (Å²) in [5, 5.41) is 7.35. The fourth-order valence-electron chi connectivity index (χ4n) is 1.98. The van der Waals surface area contributed by atoms with Crippen LogP contribution in [0.4, 0.5) is 0 Å². The van der Waals surface area contributed by atoms with Crippen LogP contribution < -0.4 is 5.32 Å². The van der Waals surface area contributed by atoms with Gasteiger partial charge in [-0.05, 0) is 19.4 Å². The van der Waals surface area contributed by atoms with E-state index in [1.807, 2.05) is 44.2 Å². The lowest BCUT2D eigenvalue weighted by Crippen LogP contribution is -2.12. The summed E-state index contributed by atoms with van der Waals surface area (Å²) < 4.78 is 5.28. The SMILES string of the molecule is CC.[HH].c1ccc(-c2noc(C3CCCN3)n2)cc1. The molecule has 0 radical (unpaired) electrons. The van der Waals surface area contributed by atoms with Gasteiger partial charge in [0.25, 0.3) is 0 Å². The first-order valence-electron chi connectivity index (χ1n) is 6.56. The summed E-state index contributed by atoms with van der Waals surface area (Å²) in [6.07, 6.45) is 2.25. The summed E-state index contributed by atoms with van der Waals surface area (Å²) in [6.45, 7) is 5.04. The Morgan fingerprint density at radius 2 is 2.06 bits per heavy atom. The highest BCUT2D eigenvalue weighted by atomic mass is 16.5. The van der Waals surface area contributed by atoms with E-state index < -0.39 is 0 Å². The molecule has 98 valence electrons. The molecule has 1 fully saturated rings. The van der Waals surface area contributed by atoms with Crippen molar-refractivity contribution in [3.8, 4) is 11.4 Å². The number of hydrogen-bond acceptors (Lipinski definition) is 4. The lowest BCUT2D eigenvalue weighted by Gasteiger charge is -2.01. The molecular formula is C14H21N3O. The van der Waals surface area contributed by atoms with Gasteiger partial charge in [-0.25, -0.2) is 0 Å². The van der Waals surface area contributed by atoms with E-state index in [0.29, 0.717) is 11.7 Å². The first-order chi connectivity index (χ1) is 8.93. The van der Waals surface area contributed by atoms with Gasteiger partial charge in [-0.3, -0.25) is 0 Å². The second kappa shape index (κ2) is 6.31. The van der Waals surface area contributed by atoms with Crippen molar-refractivity contribution in [2.75, 3.05) is 6.54 Å². The van der Waals surface area contributed by atoms with Crippen molar-refractivity contribution in [2.24, 2.45) is 0 Å². The quantitative estimate of drug-likeness (QED) is 0.883. The fourth-order valence-corrected chi connectivity index (χ4v) is 1.98. The Labute approximate surface area is 109 Å². The third kappa shape index (κ3) is 2.76. The Morgan fingerprint density at radius 1 is 1.28 bits per heavy atom. The maximum absolute atomic E-state index is 5.28. The lowest BCUT2D eigenvalue weighted by molar-refractivity contribution is 0.345. The number of hydrogen-bond donors (Lipinski definition) is 1. The van der Waals surface area contributed by atoms with Gasteiger partial charge in [0.05, 0.1) is 6.04 Å². The van der Waals surface area contributed by atoms with E-state index in [9.17, 15) is 0 Å². The van der Waals surface area contributed by atoms with E-state index in [2.05, 4.69) is 15.5 Å². The second-order valence-corrected chi connectivity index (χ2v) is 3.97. The normalized spacial score (nSPS) is 18.2. The molecule has 1 unspecified atom stereocenters. The highest BCUT2D eigenvalue weighted by Gasteiger charge is 2.22. The third-order valence-electron chi connectivity index (χ3n) is 2.83. The Hall–Kier alpha value is -1.68. The van der Waals surface area contributed by atoms with Gasteiger partial charge >= 0.3 is 0 Å². The molecule has 2 aromatic rings. The Balaban J connectivity index is 0.000000576. The summed E-state index contributed by atoms with van der Waals surface area (Å²) in [5.74, 6) is 1.38. The van der Waals surface area contributed by atoms with E-state index in [0.717, 1.165) is 18.5 Å². The molecule has 0 amide bonds. The van der Waals surface area contributed by atoms with Crippen LogP contribution in [0.5, 0.6) is 0 Å². The maximum atomic E-state index is 5.28. The zero-order valence-corrected chi connectivity index (χ0v) is 10.9. The van der Waals surface area contributed by atoms with Crippen LogP contribution in [0.1, 0.15) is 40.0 Å². The number of aromatic nitrogens is 2. The van der Waals surface area contributed by atoms with Crippen molar-refractivity contribution in [3.05, 3.63) is 36.2 Å². The molecule has 2 heterocycles. The van der Waals surface area contributed by atoms with Crippen LogP contribution >= 0.6 is 0 Å². The fraction of sp³-hybridized carbons (Fsp3) is 0.429. The third-order valence-corrected chi connectivity index (χ3v) is 2.83. The van der Waals surface area contributed by atoms with E-state index in [-0.39, 0.29) is 7.47 Å². The van der Waals surface area contributed by atoms with Gasteiger partial charge in [-0.2, -0.15) is 4.98 Å². The van der Waals surface area contributed by atoms with Crippen LogP contribution in [0.25, 0.3) is 11.4 Å². The van der Waals surface area contributed by atoms with Crippen LogP contribution in [0.2, 0.25) is 0 Å². The predicted octanol–water partition coefficient (Wildman–Crippen LogP) is 3.43. The highest BCUT2D eigenvalue weighted by Crippen LogP contribution is 2.23. The van der Waals surface area contributed by atoms with Gasteiger partial charge in [-0.15, -0.1) is 0 Å². The van der Waals surface area contributed by atoms with Gasteiger partial charge in [-0.1, -0.05) is 49.3 Å². The molecule has 0 saturated carbocycles. The topological polar surface area (TPSA) is 51.0 Å². The molecule has 18 heavy (non-hydrogen) atoms. The molecule has 1 aromatic heterocycles. The average Bonchev–Trinajstić information content (AvgIpc) is 3.13. The van der Waals surface area contributed by atoms with Crippen molar-refractivity contribution in [2.45, 2.75) is 32.7 Å². The van der Waals surface area contributed by atoms with Gasteiger partial charge in [0.1, 0.15) is 0 Å². The minimum absolute atomic E-state index is 0. The lowest BCUT2D eigenvalue weighted by atomic mass is 10.2. The van der Waals surface area contributed by atoms with Crippen molar-refractivity contribution in [1.82, 2.24) is 15.5 Å². The van der Waals surface area contributed by atoms with Crippen LogP contribution in [-0.4, -0.2) is 16.7 Å². The molecular weight excluding hydrogens is 226 g/mol. The predicted molar refractivity (Wildman–Crippen MR) is 73.2 cm³/mol. The van der Waals surface area contributed by atoms with Crippen LogP contribution in [0.3, 0.4) is 0 Å². The molecule has 1 atom stereocenters. The standard InChI is InChI=1S/C12H13N3O.C2H6.H2/c1-2-5-9(6-3-1)11-14-12(16-15-11)10-7-4-8-13-10;1-2;/h1-3,5-6,10,13H,4,7-8H2;1-2H3;1H. The first kappa shape index (κ1) is 12.8. The number of nitrogens with zero attached hydrogens (tertiary/aromatic N) is 2. The molecule has 0 spiro atoms. The van der Waals surface area contributed by atoms with Crippen molar-refractivity contribution in [1.29, 1.82) is 0 Å². The zero-order chi connectivity index (χ0) is 12.8. The summed E-state index contributed by atoms with van der Waals surface area (Å²) in [6, 6.07) is 10.1. The number of benzene rings is 1. The van der Waals surface area contributed by atoms with Gasteiger partial charge < -0.3 is 9.84 Å². The molecule has 1 N–H and O–H groups in total. The van der Waals surface area contributed by atoms with E-state index in [1.165, 1.54) is 6.42 Å². The molecule has 4 nitrogen and oxygen atoms in total. The van der Waals surface area contributed by atoms with E-state index >= 15 is 0 Å². The minimum Gasteiger partial charge on any atom is -0.337 e. The maximum Gasteiger partial charge on any atom is 0.244 e. The zero-order valence-electron chi connectivity index (χ0n) is 10.9. The second-order valence-electron chi connectivity index (χ2n) is 3.97. The van der Waals surface area contributed by atoms with Gasteiger partial charge in [0.15, 0.2) is 0 Å². The Morgan fingerprint density at radius 3 is 2.72 bits per heavy atom. The van der Waals surface area contributed by atoms with Crippen molar-refractivity contribution >= 4 is 0 Å². The molecule has 1 aliphatic rings. The minimum atomic E-state index is 0. The molecule has 0 bridgehead atoms.